The third-order valence-corrected chi connectivity index (χ3v) is 2.70. The minimum atomic E-state index is -0.131. The van der Waals surface area contributed by atoms with Crippen LogP contribution in [-0.4, -0.2) is 20.8 Å². The molecule has 0 unspecified atom stereocenters. The van der Waals surface area contributed by atoms with Gasteiger partial charge in [-0.05, 0) is 31.5 Å². The number of rotatable bonds is 4. The third-order valence-electron chi connectivity index (χ3n) is 2.70. The monoisotopic (exact) mass is 259 g/mol. The standard InChI is InChI=1S/C14H17N3O2/c1-10(2)17-13(6-7-15-17)16-14(19)9-11-4-3-5-12(18)8-11/h3-8,10,18H,9H2,1-2H3,(H,16,19). The molecule has 2 rings (SSSR count). The van der Waals surface area contributed by atoms with Gasteiger partial charge in [0, 0.05) is 12.1 Å². The Kier molecular flexibility index (Phi) is 3.85. The predicted octanol–water partition coefficient (Wildman–Crippen LogP) is 2.35. The normalized spacial score (nSPS) is 10.7. The van der Waals surface area contributed by atoms with Gasteiger partial charge in [0.1, 0.15) is 11.6 Å². The van der Waals surface area contributed by atoms with Crippen molar-refractivity contribution in [1.82, 2.24) is 9.78 Å². The van der Waals surface area contributed by atoms with Gasteiger partial charge in [-0.3, -0.25) is 4.79 Å². The summed E-state index contributed by atoms with van der Waals surface area (Å²) < 4.78 is 1.75. The first kappa shape index (κ1) is 13.1. The van der Waals surface area contributed by atoms with Crippen molar-refractivity contribution < 1.29 is 9.90 Å². The molecule has 1 amide bonds. The Balaban J connectivity index is 2.03. The van der Waals surface area contributed by atoms with Gasteiger partial charge in [0.05, 0.1) is 12.6 Å². The molecule has 0 bridgehead atoms. The molecule has 0 aliphatic heterocycles. The Hall–Kier alpha value is -2.30. The summed E-state index contributed by atoms with van der Waals surface area (Å²) in [5.74, 6) is 0.714. The molecule has 0 aliphatic carbocycles. The van der Waals surface area contributed by atoms with E-state index in [1.165, 1.54) is 0 Å². The van der Waals surface area contributed by atoms with Gasteiger partial charge in [-0.15, -0.1) is 0 Å². The van der Waals surface area contributed by atoms with Gasteiger partial charge in [-0.1, -0.05) is 12.1 Å². The topological polar surface area (TPSA) is 67.2 Å². The van der Waals surface area contributed by atoms with Crippen LogP contribution in [0.1, 0.15) is 25.5 Å². The zero-order valence-electron chi connectivity index (χ0n) is 11.0. The van der Waals surface area contributed by atoms with Gasteiger partial charge < -0.3 is 10.4 Å². The van der Waals surface area contributed by atoms with Crippen LogP contribution in [0.5, 0.6) is 5.75 Å². The second-order valence-electron chi connectivity index (χ2n) is 4.65. The molecule has 0 fully saturated rings. The fourth-order valence-electron chi connectivity index (χ4n) is 1.86. The van der Waals surface area contributed by atoms with E-state index in [4.69, 9.17) is 0 Å². The highest BCUT2D eigenvalue weighted by Crippen LogP contribution is 2.15. The van der Waals surface area contributed by atoms with Crippen LogP contribution >= 0.6 is 0 Å². The lowest BCUT2D eigenvalue weighted by Gasteiger charge is -2.11. The summed E-state index contributed by atoms with van der Waals surface area (Å²) in [4.78, 5) is 11.9. The number of carbonyl (C=O) groups excluding carboxylic acids is 1. The number of hydrogen-bond donors (Lipinski definition) is 2. The number of nitrogens with one attached hydrogen (secondary N) is 1. The molecule has 5 heteroatoms. The molecule has 5 nitrogen and oxygen atoms in total. The maximum atomic E-state index is 11.9. The van der Waals surface area contributed by atoms with Gasteiger partial charge in [-0.25, -0.2) is 4.68 Å². The fourth-order valence-corrected chi connectivity index (χ4v) is 1.86. The number of hydrogen-bond acceptors (Lipinski definition) is 3. The molecular formula is C14H17N3O2. The average molecular weight is 259 g/mol. The minimum absolute atomic E-state index is 0.131. The van der Waals surface area contributed by atoms with Crippen LogP contribution in [-0.2, 0) is 11.2 Å². The second kappa shape index (κ2) is 5.56. The summed E-state index contributed by atoms with van der Waals surface area (Å²) in [6.07, 6.45) is 1.88. The molecule has 1 heterocycles. The molecule has 0 saturated carbocycles. The summed E-state index contributed by atoms with van der Waals surface area (Å²) in [5.41, 5.74) is 0.771. The Morgan fingerprint density at radius 1 is 1.42 bits per heavy atom. The molecule has 19 heavy (non-hydrogen) atoms. The number of amides is 1. The first-order valence-corrected chi connectivity index (χ1v) is 6.17. The summed E-state index contributed by atoms with van der Waals surface area (Å²) in [5, 5.41) is 16.3. The molecule has 0 atom stereocenters. The molecule has 100 valence electrons. The molecule has 0 spiro atoms. The van der Waals surface area contributed by atoms with Crippen molar-refractivity contribution in [3.05, 3.63) is 42.1 Å². The molecule has 1 aromatic carbocycles. The largest absolute Gasteiger partial charge is 0.508 e. The van der Waals surface area contributed by atoms with Crippen LogP contribution in [0.4, 0.5) is 5.82 Å². The maximum absolute atomic E-state index is 11.9. The molecule has 2 N–H and O–H groups in total. The summed E-state index contributed by atoms with van der Waals surface area (Å²) in [7, 11) is 0. The fraction of sp³-hybridized carbons (Fsp3) is 0.286. The van der Waals surface area contributed by atoms with Gasteiger partial charge in [-0.2, -0.15) is 5.10 Å². The lowest BCUT2D eigenvalue weighted by Crippen LogP contribution is -2.18. The van der Waals surface area contributed by atoms with E-state index in [1.807, 2.05) is 13.8 Å². The van der Waals surface area contributed by atoms with Crippen LogP contribution < -0.4 is 5.32 Å². The zero-order valence-corrected chi connectivity index (χ0v) is 11.0. The highest BCUT2D eigenvalue weighted by molar-refractivity contribution is 5.91. The first-order chi connectivity index (χ1) is 9.06. The highest BCUT2D eigenvalue weighted by atomic mass is 16.3. The van der Waals surface area contributed by atoms with E-state index < -0.39 is 0 Å². The molecule has 2 aromatic rings. The van der Waals surface area contributed by atoms with E-state index in [-0.39, 0.29) is 24.1 Å². The third kappa shape index (κ3) is 3.34. The molecule has 0 saturated heterocycles. The molecule has 0 aliphatic rings. The Morgan fingerprint density at radius 3 is 2.89 bits per heavy atom. The van der Waals surface area contributed by atoms with Crippen molar-refractivity contribution in [3.8, 4) is 5.75 Å². The number of aromatic hydroxyl groups is 1. The number of phenols is 1. The van der Waals surface area contributed by atoms with Crippen molar-refractivity contribution in [2.45, 2.75) is 26.3 Å². The van der Waals surface area contributed by atoms with Crippen molar-refractivity contribution in [1.29, 1.82) is 0 Å². The lowest BCUT2D eigenvalue weighted by molar-refractivity contribution is -0.115. The van der Waals surface area contributed by atoms with Gasteiger partial charge in [0.2, 0.25) is 5.91 Å². The number of phenolic OH excluding ortho intramolecular Hbond substituents is 1. The maximum Gasteiger partial charge on any atom is 0.229 e. The van der Waals surface area contributed by atoms with E-state index in [2.05, 4.69) is 10.4 Å². The van der Waals surface area contributed by atoms with E-state index in [0.717, 1.165) is 5.56 Å². The minimum Gasteiger partial charge on any atom is -0.508 e. The van der Waals surface area contributed by atoms with Crippen LogP contribution in [0.25, 0.3) is 0 Å². The predicted molar refractivity (Wildman–Crippen MR) is 73.1 cm³/mol. The van der Waals surface area contributed by atoms with Gasteiger partial charge in [0.15, 0.2) is 0 Å². The Labute approximate surface area is 111 Å². The van der Waals surface area contributed by atoms with Crippen LogP contribution in [0, 0.1) is 0 Å². The average Bonchev–Trinajstić information content (AvgIpc) is 2.76. The number of aromatic nitrogens is 2. The molecule has 1 aromatic heterocycles. The van der Waals surface area contributed by atoms with E-state index in [9.17, 15) is 9.90 Å². The number of anilines is 1. The van der Waals surface area contributed by atoms with Crippen LogP contribution in [0.3, 0.4) is 0 Å². The lowest BCUT2D eigenvalue weighted by atomic mass is 10.1. The second-order valence-corrected chi connectivity index (χ2v) is 4.65. The zero-order chi connectivity index (χ0) is 13.8. The van der Waals surface area contributed by atoms with Crippen LogP contribution in [0.15, 0.2) is 36.5 Å². The molecule has 0 radical (unpaired) electrons. The number of nitrogens with zero attached hydrogens (tertiary/aromatic N) is 2. The Morgan fingerprint density at radius 2 is 2.21 bits per heavy atom. The summed E-state index contributed by atoms with van der Waals surface area (Å²) >= 11 is 0. The van der Waals surface area contributed by atoms with Crippen molar-refractivity contribution >= 4 is 11.7 Å². The van der Waals surface area contributed by atoms with E-state index in [1.54, 1.807) is 41.2 Å². The summed E-state index contributed by atoms with van der Waals surface area (Å²) in [6.45, 7) is 4.00. The first-order valence-electron chi connectivity index (χ1n) is 6.17. The quantitative estimate of drug-likeness (QED) is 0.885. The van der Waals surface area contributed by atoms with E-state index >= 15 is 0 Å². The highest BCUT2D eigenvalue weighted by Gasteiger charge is 2.10. The van der Waals surface area contributed by atoms with Gasteiger partial charge >= 0.3 is 0 Å². The van der Waals surface area contributed by atoms with Crippen molar-refractivity contribution in [2.24, 2.45) is 0 Å². The van der Waals surface area contributed by atoms with E-state index in [0.29, 0.717) is 5.82 Å². The van der Waals surface area contributed by atoms with Crippen LogP contribution in [0.2, 0.25) is 0 Å². The van der Waals surface area contributed by atoms with Gasteiger partial charge in [0.25, 0.3) is 0 Å². The SMILES string of the molecule is CC(C)n1nccc1NC(=O)Cc1cccc(O)c1. The Bertz CT molecular complexity index is 576. The summed E-state index contributed by atoms with van der Waals surface area (Å²) in [6, 6.07) is 8.63. The molecular weight excluding hydrogens is 242 g/mol. The van der Waals surface area contributed by atoms with Crippen molar-refractivity contribution in [3.63, 3.8) is 0 Å². The smallest absolute Gasteiger partial charge is 0.229 e. The number of benzene rings is 1. The van der Waals surface area contributed by atoms with Crippen molar-refractivity contribution in [2.75, 3.05) is 5.32 Å². The number of carbonyl (C=O) groups is 1.